The van der Waals surface area contributed by atoms with Crippen LogP contribution in [0.15, 0.2) is 53.6 Å². The van der Waals surface area contributed by atoms with E-state index in [9.17, 15) is 15.2 Å². The minimum Gasteiger partial charge on any atom is -0.508 e. The van der Waals surface area contributed by atoms with Crippen molar-refractivity contribution in [3.05, 3.63) is 64.5 Å². The van der Waals surface area contributed by atoms with Crippen LogP contribution in [0.3, 0.4) is 0 Å². The average molecular weight is 301 g/mol. The molecule has 0 atom stereocenters. The largest absolute Gasteiger partial charge is 0.508 e. The fourth-order valence-electron chi connectivity index (χ4n) is 2.02. The van der Waals surface area contributed by atoms with Crippen LogP contribution >= 0.6 is 11.8 Å². The molecular weight excluding hydrogens is 290 g/mol. The first-order valence-corrected chi connectivity index (χ1v) is 7.16. The molecule has 0 bridgehead atoms. The van der Waals surface area contributed by atoms with Gasteiger partial charge in [0.1, 0.15) is 11.4 Å². The third-order valence-corrected chi connectivity index (χ3v) is 3.98. The van der Waals surface area contributed by atoms with Crippen molar-refractivity contribution in [2.45, 2.75) is 10.6 Å². The Hall–Kier alpha value is -2.54. The molecule has 0 spiro atoms. The van der Waals surface area contributed by atoms with Crippen molar-refractivity contribution in [3.8, 4) is 5.75 Å². The molecule has 3 rings (SSSR count). The highest BCUT2D eigenvalue weighted by Crippen LogP contribution is 2.29. The number of fused-ring (bicyclic) bond motifs is 1. The van der Waals surface area contributed by atoms with Crippen molar-refractivity contribution in [2.24, 2.45) is 0 Å². The second-order valence-corrected chi connectivity index (χ2v) is 5.40. The van der Waals surface area contributed by atoms with Crippen LogP contribution in [0.5, 0.6) is 5.75 Å². The first kappa shape index (κ1) is 13.4. The average Bonchev–Trinajstić information content (AvgIpc) is 2.85. The molecule has 7 heteroatoms. The Labute approximate surface area is 124 Å². The van der Waals surface area contributed by atoms with Gasteiger partial charge in [-0.3, -0.25) is 0 Å². The molecule has 2 heterocycles. The normalized spacial score (nSPS) is 10.9. The number of nitrogens with zero attached hydrogens (tertiary/aromatic N) is 3. The fraction of sp³-hybridized carbons (Fsp3) is 0.0714. The third-order valence-electron chi connectivity index (χ3n) is 2.96. The predicted octanol–water partition coefficient (Wildman–Crippen LogP) is 3.24. The second-order valence-electron chi connectivity index (χ2n) is 4.35. The summed E-state index contributed by atoms with van der Waals surface area (Å²) in [7, 11) is 0. The molecular formula is C14H11N3O3S. The van der Waals surface area contributed by atoms with E-state index in [-0.39, 0.29) is 11.6 Å². The fourth-order valence-corrected chi connectivity index (χ4v) is 2.84. The van der Waals surface area contributed by atoms with E-state index in [0.29, 0.717) is 17.1 Å². The number of imidazole rings is 1. The molecule has 0 unspecified atom stereocenters. The van der Waals surface area contributed by atoms with Crippen LogP contribution in [0, 0.1) is 10.1 Å². The number of benzene rings is 1. The lowest BCUT2D eigenvalue weighted by Gasteiger charge is -2.00. The standard InChI is InChI=1S/C14H11N3O3S/c18-10-4-6-11(7-5-10)21-9-12-14(17(19)20)16-8-2-1-3-13(16)15-12/h1-8,18H,9H2. The van der Waals surface area contributed by atoms with E-state index in [1.54, 1.807) is 48.7 Å². The van der Waals surface area contributed by atoms with E-state index >= 15 is 0 Å². The first-order chi connectivity index (χ1) is 10.1. The minimum atomic E-state index is -0.410. The Morgan fingerprint density at radius 2 is 2.00 bits per heavy atom. The maximum atomic E-state index is 11.3. The van der Waals surface area contributed by atoms with E-state index in [0.717, 1.165) is 4.90 Å². The van der Waals surface area contributed by atoms with Gasteiger partial charge < -0.3 is 15.2 Å². The molecule has 0 saturated heterocycles. The van der Waals surface area contributed by atoms with Gasteiger partial charge in [0.25, 0.3) is 0 Å². The Morgan fingerprint density at radius 1 is 1.24 bits per heavy atom. The SMILES string of the molecule is O=[N+]([O-])c1c(CSc2ccc(O)cc2)nc2ccccn12. The van der Waals surface area contributed by atoms with Gasteiger partial charge in [-0.05, 0) is 35.3 Å². The molecule has 3 aromatic rings. The second kappa shape index (κ2) is 5.45. The van der Waals surface area contributed by atoms with Gasteiger partial charge in [-0.25, -0.2) is 4.98 Å². The van der Waals surface area contributed by atoms with Crippen molar-refractivity contribution in [1.82, 2.24) is 9.38 Å². The van der Waals surface area contributed by atoms with Gasteiger partial charge in [0.2, 0.25) is 5.65 Å². The zero-order valence-corrected chi connectivity index (χ0v) is 11.7. The maximum Gasteiger partial charge on any atom is 0.351 e. The number of hydrogen-bond donors (Lipinski definition) is 1. The van der Waals surface area contributed by atoms with E-state index in [4.69, 9.17) is 0 Å². The van der Waals surface area contributed by atoms with Gasteiger partial charge in [-0.1, -0.05) is 6.07 Å². The van der Waals surface area contributed by atoms with Gasteiger partial charge in [0.05, 0.1) is 6.20 Å². The van der Waals surface area contributed by atoms with Crippen LogP contribution in [-0.2, 0) is 5.75 Å². The van der Waals surface area contributed by atoms with Crippen molar-refractivity contribution in [2.75, 3.05) is 0 Å². The van der Waals surface area contributed by atoms with Crippen molar-refractivity contribution >= 4 is 23.2 Å². The van der Waals surface area contributed by atoms with Crippen molar-refractivity contribution in [3.63, 3.8) is 0 Å². The first-order valence-electron chi connectivity index (χ1n) is 6.17. The Balaban J connectivity index is 1.91. The molecule has 1 aromatic carbocycles. The monoisotopic (exact) mass is 301 g/mol. The highest BCUT2D eigenvalue weighted by Gasteiger charge is 2.21. The molecule has 0 saturated carbocycles. The van der Waals surface area contributed by atoms with Gasteiger partial charge in [0, 0.05) is 16.7 Å². The molecule has 0 radical (unpaired) electrons. The van der Waals surface area contributed by atoms with E-state index in [1.165, 1.54) is 16.2 Å². The summed E-state index contributed by atoms with van der Waals surface area (Å²) >= 11 is 1.44. The summed E-state index contributed by atoms with van der Waals surface area (Å²) in [5.74, 6) is 0.581. The predicted molar refractivity (Wildman–Crippen MR) is 79.5 cm³/mol. The van der Waals surface area contributed by atoms with Crippen LogP contribution in [-0.4, -0.2) is 19.4 Å². The number of thioether (sulfide) groups is 1. The number of aromatic hydroxyl groups is 1. The minimum absolute atomic E-state index is 0.00289. The summed E-state index contributed by atoms with van der Waals surface area (Å²) in [4.78, 5) is 16.1. The number of nitro groups is 1. The van der Waals surface area contributed by atoms with Crippen LogP contribution in [0.4, 0.5) is 5.82 Å². The molecule has 2 aromatic heterocycles. The van der Waals surface area contributed by atoms with E-state index < -0.39 is 4.92 Å². The molecule has 0 aliphatic heterocycles. The molecule has 21 heavy (non-hydrogen) atoms. The lowest BCUT2D eigenvalue weighted by molar-refractivity contribution is -0.391. The number of rotatable bonds is 4. The van der Waals surface area contributed by atoms with Crippen molar-refractivity contribution < 1.29 is 10.0 Å². The topological polar surface area (TPSA) is 80.7 Å². The summed E-state index contributed by atoms with van der Waals surface area (Å²) < 4.78 is 1.48. The number of hydrogen-bond acceptors (Lipinski definition) is 5. The molecule has 0 amide bonds. The zero-order chi connectivity index (χ0) is 14.8. The number of phenolic OH excluding ortho intramolecular Hbond substituents is 1. The molecule has 6 nitrogen and oxygen atoms in total. The molecule has 0 fully saturated rings. The smallest absolute Gasteiger partial charge is 0.351 e. The van der Waals surface area contributed by atoms with Crippen LogP contribution in [0.25, 0.3) is 5.65 Å². The van der Waals surface area contributed by atoms with E-state index in [1.807, 2.05) is 0 Å². The highest BCUT2D eigenvalue weighted by atomic mass is 32.2. The summed E-state index contributed by atoms with van der Waals surface area (Å²) in [6.45, 7) is 0. The summed E-state index contributed by atoms with van der Waals surface area (Å²) in [5, 5.41) is 20.5. The van der Waals surface area contributed by atoms with Crippen LogP contribution in [0.2, 0.25) is 0 Å². The number of phenols is 1. The molecule has 0 aliphatic rings. The molecule has 106 valence electrons. The Morgan fingerprint density at radius 3 is 2.71 bits per heavy atom. The molecule has 1 N–H and O–H groups in total. The van der Waals surface area contributed by atoms with Crippen LogP contribution in [0.1, 0.15) is 5.69 Å². The van der Waals surface area contributed by atoms with Crippen LogP contribution < -0.4 is 0 Å². The maximum absolute atomic E-state index is 11.3. The lowest BCUT2D eigenvalue weighted by Crippen LogP contribution is -1.96. The van der Waals surface area contributed by atoms with Gasteiger partial charge in [-0.2, -0.15) is 4.40 Å². The third kappa shape index (κ3) is 2.68. The van der Waals surface area contributed by atoms with Gasteiger partial charge in [0.15, 0.2) is 0 Å². The Bertz CT molecular complexity index is 799. The quantitative estimate of drug-likeness (QED) is 0.454. The summed E-state index contributed by atoms with van der Waals surface area (Å²) in [5.41, 5.74) is 0.995. The van der Waals surface area contributed by atoms with Crippen molar-refractivity contribution in [1.29, 1.82) is 0 Å². The number of aromatic nitrogens is 2. The lowest BCUT2D eigenvalue weighted by atomic mass is 10.3. The molecule has 0 aliphatic carbocycles. The zero-order valence-electron chi connectivity index (χ0n) is 10.8. The number of pyridine rings is 1. The summed E-state index contributed by atoms with van der Waals surface area (Å²) in [6.07, 6.45) is 1.63. The summed E-state index contributed by atoms with van der Waals surface area (Å²) in [6, 6.07) is 12.0. The van der Waals surface area contributed by atoms with E-state index in [2.05, 4.69) is 4.98 Å². The Kier molecular flexibility index (Phi) is 3.49. The van der Waals surface area contributed by atoms with Gasteiger partial charge in [-0.15, -0.1) is 11.8 Å². The van der Waals surface area contributed by atoms with Gasteiger partial charge >= 0.3 is 5.82 Å². The highest BCUT2D eigenvalue weighted by molar-refractivity contribution is 7.98.